The molecular weight excluding hydrogens is 388 g/mol. The molecule has 4 heteroatoms. The molecule has 0 aromatic rings. The number of unbranched alkanes of at least 4 members (excludes halogenated alkanes) is 10. The first-order chi connectivity index (χ1) is 15.2. The van der Waals surface area contributed by atoms with Gasteiger partial charge in [0.1, 0.15) is 0 Å². The average molecular weight is 437 g/mol. The lowest BCUT2D eigenvalue weighted by Gasteiger charge is -2.18. The van der Waals surface area contributed by atoms with Crippen LogP contribution in [0, 0.1) is 5.92 Å². The fourth-order valence-electron chi connectivity index (χ4n) is 4.45. The van der Waals surface area contributed by atoms with E-state index in [1.165, 1.54) is 51.4 Å². The maximum atomic E-state index is 13.0. The predicted molar refractivity (Wildman–Crippen MR) is 128 cm³/mol. The van der Waals surface area contributed by atoms with Crippen LogP contribution in [0.3, 0.4) is 0 Å². The molecule has 1 saturated carbocycles. The molecule has 4 nitrogen and oxygen atoms in total. The summed E-state index contributed by atoms with van der Waals surface area (Å²) in [6.45, 7) is 7.25. The number of hydrogen-bond donors (Lipinski definition) is 0. The van der Waals surface area contributed by atoms with Crippen LogP contribution in [0.5, 0.6) is 0 Å². The molecule has 0 aromatic heterocycles. The molecule has 0 saturated heterocycles. The number of esters is 2. The van der Waals surface area contributed by atoms with Gasteiger partial charge in [-0.2, -0.15) is 0 Å². The molecule has 0 amide bonds. The van der Waals surface area contributed by atoms with E-state index in [2.05, 4.69) is 13.8 Å². The smallest absolute Gasteiger partial charge is 0.334 e. The molecular formula is C27H48O4. The molecule has 0 aromatic carbocycles. The fraction of sp³-hybridized carbons (Fsp3) is 0.852. The van der Waals surface area contributed by atoms with Crippen molar-refractivity contribution < 1.29 is 19.1 Å². The first-order valence-corrected chi connectivity index (χ1v) is 13.2. The minimum atomic E-state index is -0.311. The molecule has 0 spiro atoms. The Bertz CT molecular complexity index is 517. The van der Waals surface area contributed by atoms with Crippen LogP contribution in [0.1, 0.15) is 130 Å². The summed E-state index contributed by atoms with van der Waals surface area (Å²) in [6, 6.07) is 0. The Balaban J connectivity index is 2.58. The van der Waals surface area contributed by atoms with E-state index in [0.717, 1.165) is 51.4 Å². The van der Waals surface area contributed by atoms with Crippen molar-refractivity contribution in [2.45, 2.75) is 130 Å². The van der Waals surface area contributed by atoms with Crippen LogP contribution in [-0.4, -0.2) is 25.2 Å². The van der Waals surface area contributed by atoms with Gasteiger partial charge in [-0.05, 0) is 38.0 Å². The van der Waals surface area contributed by atoms with Gasteiger partial charge in [-0.3, -0.25) is 0 Å². The highest BCUT2D eigenvalue weighted by atomic mass is 16.5. The van der Waals surface area contributed by atoms with Crippen molar-refractivity contribution >= 4 is 11.9 Å². The maximum Gasteiger partial charge on any atom is 0.334 e. The van der Waals surface area contributed by atoms with Gasteiger partial charge in [0, 0.05) is 5.57 Å². The van der Waals surface area contributed by atoms with E-state index in [-0.39, 0.29) is 17.9 Å². The largest absolute Gasteiger partial charge is 0.462 e. The molecule has 1 aliphatic rings. The van der Waals surface area contributed by atoms with Gasteiger partial charge in [0.25, 0.3) is 0 Å². The van der Waals surface area contributed by atoms with Crippen molar-refractivity contribution in [3.63, 3.8) is 0 Å². The normalized spacial score (nSPS) is 15.1. The molecule has 0 N–H and O–H groups in total. The molecule has 0 heterocycles. The Morgan fingerprint density at radius 3 is 1.58 bits per heavy atom. The molecule has 1 fully saturated rings. The SMILES string of the molecule is CCCCCCCCOC(=O)/C(CC)=C(\C(=O)OCCCCCCCC)C1CCCC1. The second kappa shape index (κ2) is 18.3. The van der Waals surface area contributed by atoms with E-state index in [0.29, 0.717) is 30.8 Å². The first-order valence-electron chi connectivity index (χ1n) is 13.2. The van der Waals surface area contributed by atoms with Crippen LogP contribution in [0.2, 0.25) is 0 Å². The van der Waals surface area contributed by atoms with E-state index >= 15 is 0 Å². The minimum Gasteiger partial charge on any atom is -0.462 e. The lowest BCUT2D eigenvalue weighted by molar-refractivity contribution is -0.143. The van der Waals surface area contributed by atoms with Crippen LogP contribution < -0.4 is 0 Å². The Morgan fingerprint density at radius 2 is 1.10 bits per heavy atom. The summed E-state index contributed by atoms with van der Waals surface area (Å²) in [5.41, 5.74) is 1.16. The van der Waals surface area contributed by atoms with Crippen LogP contribution >= 0.6 is 0 Å². The summed E-state index contributed by atoms with van der Waals surface area (Å²) in [4.78, 5) is 25.8. The van der Waals surface area contributed by atoms with E-state index in [1.54, 1.807) is 0 Å². The number of carbonyl (C=O) groups excluding carboxylic acids is 2. The lowest BCUT2D eigenvalue weighted by Crippen LogP contribution is -2.21. The van der Waals surface area contributed by atoms with E-state index in [1.807, 2.05) is 6.92 Å². The Hall–Kier alpha value is -1.32. The van der Waals surface area contributed by atoms with Crippen molar-refractivity contribution in [2.24, 2.45) is 5.92 Å². The van der Waals surface area contributed by atoms with Crippen LogP contribution in [0.15, 0.2) is 11.1 Å². The number of rotatable bonds is 18. The molecule has 1 rings (SSSR count). The number of ether oxygens (including phenoxy) is 2. The summed E-state index contributed by atoms with van der Waals surface area (Å²) in [5.74, 6) is -0.447. The third kappa shape index (κ3) is 11.8. The minimum absolute atomic E-state index is 0.147. The highest BCUT2D eigenvalue weighted by molar-refractivity contribution is 6.00. The highest BCUT2D eigenvalue weighted by Crippen LogP contribution is 2.34. The topological polar surface area (TPSA) is 52.6 Å². The summed E-state index contributed by atoms with van der Waals surface area (Å²) in [5, 5.41) is 0. The summed E-state index contributed by atoms with van der Waals surface area (Å²) >= 11 is 0. The lowest BCUT2D eigenvalue weighted by atomic mass is 9.91. The van der Waals surface area contributed by atoms with Crippen LogP contribution in [0.25, 0.3) is 0 Å². The van der Waals surface area contributed by atoms with Gasteiger partial charge < -0.3 is 9.47 Å². The molecule has 0 unspecified atom stereocenters. The summed E-state index contributed by atoms with van der Waals surface area (Å²) in [6.07, 6.45) is 18.6. The van der Waals surface area contributed by atoms with E-state index < -0.39 is 0 Å². The van der Waals surface area contributed by atoms with Crippen molar-refractivity contribution in [1.82, 2.24) is 0 Å². The van der Waals surface area contributed by atoms with Crippen molar-refractivity contribution in [1.29, 1.82) is 0 Å². The Kier molecular flexibility index (Phi) is 16.3. The number of hydrogen-bond acceptors (Lipinski definition) is 4. The van der Waals surface area contributed by atoms with Crippen molar-refractivity contribution in [2.75, 3.05) is 13.2 Å². The van der Waals surface area contributed by atoms with Gasteiger partial charge >= 0.3 is 11.9 Å². The third-order valence-electron chi connectivity index (χ3n) is 6.37. The zero-order valence-electron chi connectivity index (χ0n) is 20.6. The zero-order chi connectivity index (χ0) is 22.7. The van der Waals surface area contributed by atoms with Crippen molar-refractivity contribution in [3.8, 4) is 0 Å². The van der Waals surface area contributed by atoms with Gasteiger partial charge in [-0.1, -0.05) is 97.8 Å². The van der Waals surface area contributed by atoms with E-state index in [9.17, 15) is 9.59 Å². The van der Waals surface area contributed by atoms with Gasteiger partial charge in [0.05, 0.1) is 18.8 Å². The van der Waals surface area contributed by atoms with Gasteiger partial charge in [0.15, 0.2) is 0 Å². The zero-order valence-corrected chi connectivity index (χ0v) is 20.6. The van der Waals surface area contributed by atoms with Gasteiger partial charge in [-0.25, -0.2) is 9.59 Å². The molecule has 31 heavy (non-hydrogen) atoms. The first kappa shape index (κ1) is 27.7. The average Bonchev–Trinajstić information content (AvgIpc) is 3.30. The highest BCUT2D eigenvalue weighted by Gasteiger charge is 2.31. The Morgan fingerprint density at radius 1 is 0.645 bits per heavy atom. The summed E-state index contributed by atoms with van der Waals surface area (Å²) < 4.78 is 11.2. The predicted octanol–water partition coefficient (Wildman–Crippen LogP) is 7.69. The molecule has 0 atom stereocenters. The molecule has 180 valence electrons. The Labute approximate surface area is 191 Å². The molecule has 1 aliphatic carbocycles. The van der Waals surface area contributed by atoms with Gasteiger partial charge in [-0.15, -0.1) is 0 Å². The third-order valence-corrected chi connectivity index (χ3v) is 6.37. The van der Waals surface area contributed by atoms with Crippen molar-refractivity contribution in [3.05, 3.63) is 11.1 Å². The second-order valence-electron chi connectivity index (χ2n) is 9.03. The second-order valence-corrected chi connectivity index (χ2v) is 9.03. The molecule has 0 aliphatic heterocycles. The monoisotopic (exact) mass is 436 g/mol. The molecule has 0 radical (unpaired) electrons. The van der Waals surface area contributed by atoms with Crippen LogP contribution in [0.4, 0.5) is 0 Å². The fourth-order valence-corrected chi connectivity index (χ4v) is 4.45. The molecule has 0 bridgehead atoms. The summed E-state index contributed by atoms with van der Waals surface area (Å²) in [7, 11) is 0. The quantitative estimate of drug-likeness (QED) is 0.125. The standard InChI is InChI=1S/C27H48O4/c1-4-7-9-11-13-17-21-30-26(28)24(6-3)25(23-19-15-16-20-23)27(29)31-22-18-14-12-10-8-5-2/h23H,4-22H2,1-3H3/b25-24-. The van der Waals surface area contributed by atoms with Crippen LogP contribution in [-0.2, 0) is 19.1 Å². The number of carbonyl (C=O) groups is 2. The maximum absolute atomic E-state index is 13.0. The van der Waals surface area contributed by atoms with E-state index in [4.69, 9.17) is 9.47 Å². The van der Waals surface area contributed by atoms with Gasteiger partial charge in [0.2, 0.25) is 0 Å².